The van der Waals surface area contributed by atoms with Crippen molar-refractivity contribution in [1.82, 2.24) is 4.31 Å². The Kier molecular flexibility index (Phi) is 6.38. The molecule has 1 aliphatic heterocycles. The zero-order valence-electron chi connectivity index (χ0n) is 15.0. The Morgan fingerprint density at radius 3 is 2.56 bits per heavy atom. The van der Waals surface area contributed by atoms with Crippen LogP contribution in [0.15, 0.2) is 23.1 Å². The van der Waals surface area contributed by atoms with Crippen LogP contribution in [0.3, 0.4) is 0 Å². The molecule has 2 rings (SSSR count). The Labute approximate surface area is 155 Å². The van der Waals surface area contributed by atoms with Gasteiger partial charge in [-0.1, -0.05) is 0 Å². The molecule has 1 aliphatic rings. The number of hydrogen-bond donors (Lipinski definition) is 1. The fourth-order valence-corrected chi connectivity index (χ4v) is 3.58. The van der Waals surface area contributed by atoms with Crippen molar-refractivity contribution in [1.29, 1.82) is 0 Å². The largest absolute Gasteiger partial charge is 0.464 e. The molecule has 0 radical (unpaired) electrons. The minimum absolute atomic E-state index is 0.0422. The monoisotopic (exact) mass is 410 g/mol. The van der Waals surface area contributed by atoms with Crippen LogP contribution in [-0.4, -0.2) is 57.6 Å². The topological polar surface area (TPSA) is 88.2 Å². The van der Waals surface area contributed by atoms with Crippen LogP contribution in [0.4, 0.5) is 18.9 Å². The maximum absolute atomic E-state index is 13.2. The highest BCUT2D eigenvalue weighted by Gasteiger charge is 2.35. The van der Waals surface area contributed by atoms with Crippen LogP contribution in [0, 0.1) is 0 Å². The molecule has 1 aromatic rings. The SMILES string of the molecule is CCOC(=O)[C@H](C)Nc1cc(C(F)(F)F)cc(S(=O)(=O)N(C)CC2CO2)c1. The molecule has 1 heterocycles. The Balaban J connectivity index is 2.37. The molecule has 0 bridgehead atoms. The van der Waals surface area contributed by atoms with Gasteiger partial charge in [-0.3, -0.25) is 0 Å². The molecule has 0 amide bonds. The molecule has 152 valence electrons. The lowest BCUT2D eigenvalue weighted by Crippen LogP contribution is -2.31. The van der Waals surface area contributed by atoms with Gasteiger partial charge in [-0.25, -0.2) is 13.2 Å². The molecule has 0 saturated carbocycles. The molecule has 1 N–H and O–H groups in total. The molecule has 0 aliphatic carbocycles. The minimum atomic E-state index is -4.76. The summed E-state index contributed by atoms with van der Waals surface area (Å²) in [7, 11) is -2.90. The van der Waals surface area contributed by atoms with Gasteiger partial charge in [-0.15, -0.1) is 0 Å². The summed E-state index contributed by atoms with van der Waals surface area (Å²) in [5.41, 5.74) is -1.29. The van der Waals surface area contributed by atoms with Gasteiger partial charge in [-0.05, 0) is 32.0 Å². The molecule has 2 atom stereocenters. The van der Waals surface area contributed by atoms with Crippen molar-refractivity contribution in [3.63, 3.8) is 0 Å². The first-order valence-electron chi connectivity index (χ1n) is 8.18. The molecule has 1 aromatic carbocycles. The van der Waals surface area contributed by atoms with E-state index in [1.807, 2.05) is 0 Å². The van der Waals surface area contributed by atoms with Crippen molar-refractivity contribution in [3.05, 3.63) is 23.8 Å². The van der Waals surface area contributed by atoms with Crippen molar-refractivity contribution < 1.29 is 35.9 Å². The number of likely N-dealkylation sites (N-methyl/N-ethyl adjacent to an activating group) is 1. The van der Waals surface area contributed by atoms with Crippen LogP contribution in [0.25, 0.3) is 0 Å². The summed E-state index contributed by atoms with van der Waals surface area (Å²) in [4.78, 5) is 11.2. The molecule has 0 aromatic heterocycles. The molecular formula is C16H21F3N2O5S. The summed E-state index contributed by atoms with van der Waals surface area (Å²) >= 11 is 0. The predicted octanol–water partition coefficient (Wildman–Crippen LogP) is 2.09. The number of epoxide rings is 1. The summed E-state index contributed by atoms with van der Waals surface area (Å²) in [6.07, 6.45) is -5.01. The number of rotatable bonds is 8. The number of hydrogen-bond acceptors (Lipinski definition) is 6. The van der Waals surface area contributed by atoms with Crippen molar-refractivity contribution >= 4 is 21.7 Å². The normalized spacial score (nSPS) is 18.3. The molecule has 0 spiro atoms. The summed E-state index contributed by atoms with van der Waals surface area (Å²) < 4.78 is 75.6. The molecule has 1 unspecified atom stereocenters. The number of sulfonamides is 1. The number of ether oxygens (including phenoxy) is 2. The number of nitrogens with one attached hydrogen (secondary N) is 1. The van der Waals surface area contributed by atoms with Crippen LogP contribution in [0.2, 0.25) is 0 Å². The standard InChI is InChI=1S/C16H21F3N2O5S/c1-4-25-15(22)10(2)20-12-5-11(16(17,18)19)6-14(7-12)27(23,24)21(3)8-13-9-26-13/h5-7,10,13,20H,4,8-9H2,1-3H3/t10-,13?/m0/s1. The van der Waals surface area contributed by atoms with Crippen molar-refractivity contribution in [2.24, 2.45) is 0 Å². The van der Waals surface area contributed by atoms with Gasteiger partial charge < -0.3 is 14.8 Å². The van der Waals surface area contributed by atoms with E-state index >= 15 is 0 Å². The second-order valence-electron chi connectivity index (χ2n) is 6.10. The van der Waals surface area contributed by atoms with Gasteiger partial charge in [0.05, 0.1) is 29.8 Å². The number of anilines is 1. The van der Waals surface area contributed by atoms with E-state index in [1.165, 1.54) is 14.0 Å². The van der Waals surface area contributed by atoms with Crippen LogP contribution in [0.1, 0.15) is 19.4 Å². The zero-order valence-corrected chi connectivity index (χ0v) is 15.9. The van der Waals surface area contributed by atoms with E-state index < -0.39 is 38.7 Å². The zero-order chi connectivity index (χ0) is 20.4. The van der Waals surface area contributed by atoms with Gasteiger partial charge in [0.25, 0.3) is 0 Å². The molecule has 1 saturated heterocycles. The van der Waals surface area contributed by atoms with E-state index in [2.05, 4.69) is 5.32 Å². The molecule has 11 heteroatoms. The van der Waals surface area contributed by atoms with E-state index in [1.54, 1.807) is 6.92 Å². The third kappa shape index (κ3) is 5.56. The summed E-state index contributed by atoms with van der Waals surface area (Å²) in [6, 6.07) is 1.42. The molecule has 27 heavy (non-hydrogen) atoms. The van der Waals surface area contributed by atoms with Crippen molar-refractivity contribution in [2.75, 3.05) is 32.1 Å². The van der Waals surface area contributed by atoms with Crippen molar-refractivity contribution in [3.8, 4) is 0 Å². The third-order valence-electron chi connectivity index (χ3n) is 3.83. The Morgan fingerprint density at radius 2 is 2.04 bits per heavy atom. The summed E-state index contributed by atoms with van der Waals surface area (Å²) in [5.74, 6) is -0.665. The van der Waals surface area contributed by atoms with E-state index in [-0.39, 0.29) is 24.9 Å². The quantitative estimate of drug-likeness (QED) is 0.522. The van der Waals surface area contributed by atoms with Crippen LogP contribution in [-0.2, 0) is 30.5 Å². The Bertz CT molecular complexity index is 794. The van der Waals surface area contributed by atoms with E-state index in [4.69, 9.17) is 9.47 Å². The lowest BCUT2D eigenvalue weighted by Gasteiger charge is -2.20. The van der Waals surface area contributed by atoms with Gasteiger partial charge in [-0.2, -0.15) is 17.5 Å². The number of alkyl halides is 3. The second-order valence-corrected chi connectivity index (χ2v) is 8.15. The van der Waals surface area contributed by atoms with E-state index in [0.717, 1.165) is 16.4 Å². The fraction of sp³-hybridized carbons (Fsp3) is 0.562. The van der Waals surface area contributed by atoms with Crippen LogP contribution >= 0.6 is 0 Å². The maximum Gasteiger partial charge on any atom is 0.416 e. The van der Waals surface area contributed by atoms with Gasteiger partial charge in [0.15, 0.2) is 0 Å². The van der Waals surface area contributed by atoms with Gasteiger partial charge in [0.2, 0.25) is 10.0 Å². The van der Waals surface area contributed by atoms with Gasteiger partial charge in [0.1, 0.15) is 6.04 Å². The van der Waals surface area contributed by atoms with Gasteiger partial charge in [0, 0.05) is 19.3 Å². The maximum atomic E-state index is 13.2. The number of esters is 1. The highest BCUT2D eigenvalue weighted by molar-refractivity contribution is 7.89. The average molecular weight is 410 g/mol. The third-order valence-corrected chi connectivity index (χ3v) is 5.63. The first-order chi connectivity index (χ1) is 12.4. The smallest absolute Gasteiger partial charge is 0.416 e. The lowest BCUT2D eigenvalue weighted by atomic mass is 10.2. The highest BCUT2D eigenvalue weighted by Crippen LogP contribution is 2.34. The second kappa shape index (κ2) is 8.03. The predicted molar refractivity (Wildman–Crippen MR) is 90.7 cm³/mol. The number of halogens is 3. The number of carbonyl (C=O) groups is 1. The molecule has 1 fully saturated rings. The first-order valence-corrected chi connectivity index (χ1v) is 9.62. The van der Waals surface area contributed by atoms with Crippen LogP contribution in [0.5, 0.6) is 0 Å². The molecule has 7 nitrogen and oxygen atoms in total. The van der Waals surface area contributed by atoms with Crippen LogP contribution < -0.4 is 5.32 Å². The highest BCUT2D eigenvalue weighted by atomic mass is 32.2. The number of nitrogens with zero attached hydrogens (tertiary/aromatic N) is 1. The Morgan fingerprint density at radius 1 is 1.41 bits per heavy atom. The van der Waals surface area contributed by atoms with E-state index in [9.17, 15) is 26.4 Å². The summed E-state index contributed by atoms with van der Waals surface area (Å²) in [5, 5.41) is 2.56. The fourth-order valence-electron chi connectivity index (χ4n) is 2.31. The molecular weight excluding hydrogens is 389 g/mol. The number of benzene rings is 1. The average Bonchev–Trinajstić information content (AvgIpc) is 3.37. The number of carbonyl (C=O) groups excluding carboxylic acids is 1. The minimum Gasteiger partial charge on any atom is -0.464 e. The first kappa shape index (κ1) is 21.5. The Hall–Kier alpha value is -1.85. The summed E-state index contributed by atoms with van der Waals surface area (Å²) in [6.45, 7) is 3.57. The lowest BCUT2D eigenvalue weighted by molar-refractivity contribution is -0.143. The van der Waals surface area contributed by atoms with Gasteiger partial charge >= 0.3 is 12.1 Å². The van der Waals surface area contributed by atoms with Crippen molar-refractivity contribution in [2.45, 2.75) is 37.1 Å². The van der Waals surface area contributed by atoms with E-state index in [0.29, 0.717) is 12.7 Å².